The fraction of sp³-hybridized carbons (Fsp3) is 0.276. The van der Waals surface area contributed by atoms with Crippen LogP contribution < -0.4 is 25.9 Å². The molecule has 2 aromatic heterocycles. The number of amides is 3. The molecule has 0 atom stereocenters. The summed E-state index contributed by atoms with van der Waals surface area (Å²) in [4.78, 5) is 29.1. The second-order valence-corrected chi connectivity index (χ2v) is 10.3. The minimum absolute atomic E-state index is 0.00765. The normalized spacial score (nSPS) is 16.3. The first-order valence-corrected chi connectivity index (χ1v) is 13.5. The second kappa shape index (κ2) is 12.9. The summed E-state index contributed by atoms with van der Waals surface area (Å²) in [6, 6.07) is 14.4. The zero-order valence-electron chi connectivity index (χ0n) is 22.8. The summed E-state index contributed by atoms with van der Waals surface area (Å²) in [5.41, 5.74) is 0.202. The van der Waals surface area contributed by atoms with E-state index in [1.807, 2.05) is 0 Å². The number of hydrogen-bond acceptors (Lipinski definition) is 7. The summed E-state index contributed by atoms with van der Waals surface area (Å²) in [6.45, 7) is 1.15. The number of benzene rings is 2. The minimum Gasteiger partial charge on any atom is -0.506 e. The van der Waals surface area contributed by atoms with Crippen molar-refractivity contribution < 1.29 is 37.1 Å². The van der Waals surface area contributed by atoms with Crippen molar-refractivity contribution in [1.82, 2.24) is 15.6 Å². The lowest BCUT2D eigenvalue weighted by Gasteiger charge is -2.33. The van der Waals surface area contributed by atoms with Crippen LogP contribution in [0.1, 0.15) is 29.7 Å². The summed E-state index contributed by atoms with van der Waals surface area (Å²) >= 11 is 0. The fourth-order valence-electron chi connectivity index (χ4n) is 4.70. The molecular weight excluding hydrogens is 567 g/mol. The number of carbonyl (C=O) groups is 2. The van der Waals surface area contributed by atoms with Crippen molar-refractivity contribution in [3.05, 3.63) is 89.9 Å². The molecule has 14 heteroatoms. The Morgan fingerprint density at radius 2 is 1.74 bits per heavy atom. The van der Waals surface area contributed by atoms with Crippen LogP contribution in [-0.2, 0) is 30.5 Å². The van der Waals surface area contributed by atoms with Gasteiger partial charge in [0.25, 0.3) is 6.20 Å². The Balaban J connectivity index is 1.12. The van der Waals surface area contributed by atoms with Gasteiger partial charge in [-0.1, -0.05) is 35.0 Å². The van der Waals surface area contributed by atoms with Gasteiger partial charge >= 0.3 is 18.1 Å². The molecule has 2 heterocycles. The van der Waals surface area contributed by atoms with E-state index in [2.05, 4.69) is 31.5 Å². The highest BCUT2D eigenvalue weighted by Crippen LogP contribution is 2.33. The van der Waals surface area contributed by atoms with Crippen molar-refractivity contribution in [1.29, 1.82) is 0 Å². The van der Waals surface area contributed by atoms with Gasteiger partial charge in [0.2, 0.25) is 11.2 Å². The van der Waals surface area contributed by atoms with Gasteiger partial charge in [-0.05, 0) is 48.7 Å². The molecule has 1 fully saturated rings. The zero-order chi connectivity index (χ0) is 30.4. The molecule has 0 aliphatic heterocycles. The monoisotopic (exact) mass is 596 g/mol. The molecule has 3 amide bonds. The van der Waals surface area contributed by atoms with Crippen molar-refractivity contribution in [2.75, 3.05) is 16.0 Å². The highest BCUT2D eigenvalue weighted by molar-refractivity contribution is 6.00. The maximum absolute atomic E-state index is 13.5. The van der Waals surface area contributed by atoms with Gasteiger partial charge in [-0.15, -0.1) is 0 Å². The van der Waals surface area contributed by atoms with Crippen LogP contribution in [0.5, 0.6) is 5.75 Å². The zero-order valence-corrected chi connectivity index (χ0v) is 22.8. The third-order valence-electron chi connectivity index (χ3n) is 6.82. The van der Waals surface area contributed by atoms with Gasteiger partial charge in [-0.25, -0.2) is 4.79 Å². The Hall–Kier alpha value is -4.98. The molecule has 224 valence electrons. The number of anilines is 3. The number of hydrogen-bond donors (Lipinski definition) is 5. The van der Waals surface area contributed by atoms with Crippen LogP contribution in [0.2, 0.25) is 0 Å². The van der Waals surface area contributed by atoms with E-state index in [9.17, 15) is 27.9 Å². The van der Waals surface area contributed by atoms with Crippen LogP contribution in [0.25, 0.3) is 0 Å². The van der Waals surface area contributed by atoms with Crippen molar-refractivity contribution in [3.8, 4) is 5.75 Å². The average Bonchev–Trinajstić information content (AvgIpc) is 3.37. The largest absolute Gasteiger partial charge is 0.506 e. The number of nitrogens with one attached hydrogen (secondary N) is 4. The molecule has 1 aliphatic rings. The number of halogens is 3. The average molecular weight is 597 g/mol. The lowest BCUT2D eigenvalue weighted by molar-refractivity contribution is -0.768. The van der Waals surface area contributed by atoms with Gasteiger partial charge < -0.3 is 21.1 Å². The number of alkyl halides is 3. The minimum atomic E-state index is -4.71. The van der Waals surface area contributed by atoms with E-state index in [-0.39, 0.29) is 29.4 Å². The third-order valence-corrected chi connectivity index (χ3v) is 6.82. The van der Waals surface area contributed by atoms with Crippen LogP contribution in [0.4, 0.5) is 35.2 Å². The molecule has 0 bridgehead atoms. The maximum Gasteiger partial charge on any atom is 0.416 e. The van der Waals surface area contributed by atoms with Crippen LogP contribution in [0, 0.1) is 5.92 Å². The number of aromatic hydroxyl groups is 1. The quantitative estimate of drug-likeness (QED) is 0.170. The molecule has 5 N–H and O–H groups in total. The van der Waals surface area contributed by atoms with E-state index in [1.54, 1.807) is 47.1 Å². The van der Waals surface area contributed by atoms with E-state index < -0.39 is 23.7 Å². The first kappa shape index (κ1) is 29.5. The van der Waals surface area contributed by atoms with E-state index in [0.29, 0.717) is 30.6 Å². The Morgan fingerprint density at radius 1 is 1.00 bits per heavy atom. The second-order valence-electron chi connectivity index (χ2n) is 10.3. The van der Waals surface area contributed by atoms with Gasteiger partial charge in [-0.3, -0.25) is 19.6 Å². The van der Waals surface area contributed by atoms with Crippen molar-refractivity contribution >= 4 is 29.2 Å². The van der Waals surface area contributed by atoms with Crippen molar-refractivity contribution in [2.24, 2.45) is 5.92 Å². The van der Waals surface area contributed by atoms with Gasteiger partial charge in [-0.2, -0.15) is 13.2 Å². The number of urea groups is 1. The van der Waals surface area contributed by atoms with Crippen LogP contribution in [-0.4, -0.2) is 33.3 Å². The smallest absolute Gasteiger partial charge is 0.416 e. The maximum atomic E-state index is 13.5. The molecular formula is C29H29F3N7O4+. The van der Waals surface area contributed by atoms with Gasteiger partial charge in [0.05, 0.1) is 23.9 Å². The van der Waals surface area contributed by atoms with Crippen molar-refractivity contribution in [3.63, 3.8) is 0 Å². The molecule has 2 aromatic carbocycles. The molecule has 5 rings (SSSR count). The molecule has 0 radical (unpaired) electrons. The summed E-state index contributed by atoms with van der Waals surface area (Å²) in [5.74, 6) is -0.0422. The van der Waals surface area contributed by atoms with Crippen LogP contribution in [0.3, 0.4) is 0 Å². The van der Waals surface area contributed by atoms with Gasteiger partial charge in [0, 0.05) is 29.9 Å². The third kappa shape index (κ3) is 8.52. The predicted molar refractivity (Wildman–Crippen MR) is 149 cm³/mol. The molecule has 11 nitrogen and oxygen atoms in total. The number of pyridine rings is 1. The SMILES string of the molecule is O=C(Cc1ccccc1)Nc1cc(NC(=O)Nc2c[n+](CC3CC(NCc4ccc(O)cn4)C3)no2)cc(C(F)(F)F)c1. The molecule has 1 aliphatic carbocycles. The molecule has 0 unspecified atom stereocenters. The number of nitrogens with zero attached hydrogens (tertiary/aromatic N) is 3. The Kier molecular flexibility index (Phi) is 8.85. The Labute approximate surface area is 244 Å². The lowest BCUT2D eigenvalue weighted by Crippen LogP contribution is -2.48. The number of aromatic nitrogens is 3. The molecule has 1 saturated carbocycles. The molecule has 0 spiro atoms. The lowest BCUT2D eigenvalue weighted by atomic mass is 9.80. The highest BCUT2D eigenvalue weighted by atomic mass is 19.4. The predicted octanol–water partition coefficient (Wildman–Crippen LogP) is 4.48. The summed E-state index contributed by atoms with van der Waals surface area (Å²) in [7, 11) is 0. The van der Waals surface area contributed by atoms with E-state index in [4.69, 9.17) is 4.52 Å². The van der Waals surface area contributed by atoms with Crippen LogP contribution in [0.15, 0.2) is 77.6 Å². The summed E-state index contributed by atoms with van der Waals surface area (Å²) in [6.07, 6.45) is -0.0364. The standard InChI is InChI=1S/C29H28F3N7O4/c30-29(31,32)20-11-23(35-26(41)10-18-4-2-1-3-5-18)13-24(12-20)36-28(42)37-27-17-39(38-43-27)16-19-8-22(9-19)33-14-21-6-7-25(40)15-34-21/h1-7,11-13,15,17,19,22,33H,8-10,14,16H2,(H3-,35,36,37,38,40,41,42)/p+1. The Bertz CT molecular complexity index is 1560. The molecule has 0 saturated heterocycles. The van der Waals surface area contributed by atoms with E-state index in [0.717, 1.165) is 30.7 Å². The van der Waals surface area contributed by atoms with Crippen molar-refractivity contribution in [2.45, 2.75) is 44.6 Å². The topological polar surface area (TPSA) is 145 Å². The van der Waals surface area contributed by atoms with Gasteiger partial charge in [0.15, 0.2) is 6.54 Å². The van der Waals surface area contributed by atoms with E-state index >= 15 is 0 Å². The Morgan fingerprint density at radius 3 is 2.44 bits per heavy atom. The van der Waals surface area contributed by atoms with Crippen LogP contribution >= 0.6 is 0 Å². The summed E-state index contributed by atoms with van der Waals surface area (Å²) in [5, 5.41) is 23.9. The number of carbonyl (C=O) groups excluding carboxylic acids is 2. The number of rotatable bonds is 10. The highest BCUT2D eigenvalue weighted by Gasteiger charge is 2.33. The molecule has 43 heavy (non-hydrogen) atoms. The first-order valence-electron chi connectivity index (χ1n) is 13.5. The molecule has 4 aromatic rings. The van der Waals surface area contributed by atoms with E-state index in [1.165, 1.54) is 18.5 Å². The van der Waals surface area contributed by atoms with Gasteiger partial charge in [0.1, 0.15) is 5.75 Å². The fourth-order valence-corrected chi connectivity index (χ4v) is 4.70. The summed E-state index contributed by atoms with van der Waals surface area (Å²) < 4.78 is 47.3. The first-order chi connectivity index (χ1) is 20.6.